The van der Waals surface area contributed by atoms with Crippen molar-refractivity contribution in [2.75, 3.05) is 21.1 Å². The highest BCUT2D eigenvalue weighted by molar-refractivity contribution is 7.92. The number of nitrogens with one attached hydrogen (secondary N) is 4. The molecule has 0 aliphatic heterocycles. The van der Waals surface area contributed by atoms with E-state index in [4.69, 9.17) is 0 Å². The number of carbonyl (C=O) groups excluding carboxylic acids is 1. The Bertz CT molecular complexity index is 1410. The van der Waals surface area contributed by atoms with E-state index in [1.54, 1.807) is 24.3 Å². The molecule has 1 aliphatic rings. The van der Waals surface area contributed by atoms with Crippen LogP contribution in [0.2, 0.25) is 0 Å². The van der Waals surface area contributed by atoms with Gasteiger partial charge >= 0.3 is 6.18 Å². The Morgan fingerprint density at radius 3 is 2.58 bits per heavy atom. The number of sulfonamides is 1. The van der Waals surface area contributed by atoms with E-state index in [0.29, 0.717) is 23.0 Å². The van der Waals surface area contributed by atoms with Crippen LogP contribution in [0, 0.1) is 0 Å². The van der Waals surface area contributed by atoms with Crippen molar-refractivity contribution in [1.82, 2.24) is 20.3 Å². The van der Waals surface area contributed by atoms with Crippen molar-refractivity contribution in [2.45, 2.75) is 44.9 Å². The number of aromatic nitrogens is 3. The number of carbonyl (C=O) groups is 1. The third-order valence-electron chi connectivity index (χ3n) is 5.89. The fraction of sp³-hybridized carbons (Fsp3) is 0.333. The van der Waals surface area contributed by atoms with Gasteiger partial charge in [0.1, 0.15) is 17.2 Å². The predicted octanol–water partition coefficient (Wildman–Crippen LogP) is 4.29. The molecule has 0 spiro atoms. The topological polar surface area (TPSA) is 138 Å². The second-order valence-electron chi connectivity index (χ2n) is 8.63. The molecule has 0 bridgehead atoms. The van der Waals surface area contributed by atoms with Crippen LogP contribution in [0.15, 0.2) is 48.8 Å². The van der Waals surface area contributed by atoms with Gasteiger partial charge in [0.2, 0.25) is 16.0 Å². The highest BCUT2D eigenvalue weighted by Gasteiger charge is 2.35. The molecule has 2 aromatic heterocycles. The summed E-state index contributed by atoms with van der Waals surface area (Å²) >= 11 is 0. The van der Waals surface area contributed by atoms with E-state index in [0.717, 1.165) is 19.3 Å². The van der Waals surface area contributed by atoms with Crippen LogP contribution in [0.4, 0.5) is 36.4 Å². The summed E-state index contributed by atoms with van der Waals surface area (Å²) in [6.45, 7) is 1.25. The first kappa shape index (κ1) is 27.1. The Kier molecular flexibility index (Phi) is 7.99. The van der Waals surface area contributed by atoms with Crippen LogP contribution in [-0.4, -0.2) is 41.1 Å². The molecule has 1 amide bonds. The Hall–Kier alpha value is -3.94. The standard InChI is InChI=1S/C24H26F3N7O3S/c1-2-38(36,37)34-20-16(7-5-11-28-20)13-29-21-19(24(25,26)27)14-30-23(33-21)32-18-10-3-6-15(12-18)22(35)31-17-8-4-9-17/h3,5-7,10-12,14,17H,2,4,8-9,13H2,1H3,(H,28,34)(H,31,35)(H2,29,30,32,33). The first-order valence-electron chi connectivity index (χ1n) is 11.8. The number of rotatable bonds is 10. The SMILES string of the molecule is CCS(=O)(=O)Nc1ncccc1CNc1nc(Nc2cccc(C(=O)NC3CCC3)c2)ncc1C(F)(F)F. The summed E-state index contributed by atoms with van der Waals surface area (Å²) in [7, 11) is -3.65. The van der Waals surface area contributed by atoms with E-state index in [1.165, 1.54) is 25.3 Å². The molecule has 2 heterocycles. The normalized spacial score (nSPS) is 13.9. The lowest BCUT2D eigenvalue weighted by Gasteiger charge is -2.26. The summed E-state index contributed by atoms with van der Waals surface area (Å²) in [5.74, 6) is -1.07. The number of amides is 1. The zero-order valence-electron chi connectivity index (χ0n) is 20.3. The Labute approximate surface area is 217 Å². The molecule has 38 heavy (non-hydrogen) atoms. The van der Waals surface area contributed by atoms with Crippen molar-refractivity contribution < 1.29 is 26.4 Å². The van der Waals surface area contributed by atoms with Gasteiger partial charge in [-0.15, -0.1) is 0 Å². The maximum Gasteiger partial charge on any atom is 0.421 e. The molecule has 4 N–H and O–H groups in total. The largest absolute Gasteiger partial charge is 0.421 e. The number of halogens is 3. The van der Waals surface area contributed by atoms with Crippen molar-refractivity contribution in [3.63, 3.8) is 0 Å². The van der Waals surface area contributed by atoms with Crippen LogP contribution in [0.1, 0.15) is 47.7 Å². The molecule has 0 radical (unpaired) electrons. The number of benzene rings is 1. The number of nitrogens with zero attached hydrogens (tertiary/aromatic N) is 3. The summed E-state index contributed by atoms with van der Waals surface area (Å²) < 4.78 is 67.3. The van der Waals surface area contributed by atoms with Crippen LogP contribution >= 0.6 is 0 Å². The zero-order chi connectivity index (χ0) is 27.3. The number of hydrogen-bond acceptors (Lipinski definition) is 8. The van der Waals surface area contributed by atoms with Crippen molar-refractivity contribution in [3.05, 3.63) is 65.5 Å². The molecular weight excluding hydrogens is 523 g/mol. The van der Waals surface area contributed by atoms with E-state index in [9.17, 15) is 26.4 Å². The third-order valence-corrected chi connectivity index (χ3v) is 7.15. The minimum Gasteiger partial charge on any atom is -0.365 e. The van der Waals surface area contributed by atoms with E-state index >= 15 is 0 Å². The Balaban J connectivity index is 1.54. The van der Waals surface area contributed by atoms with Crippen LogP contribution < -0.4 is 20.7 Å². The maximum absolute atomic E-state index is 13.7. The fourth-order valence-corrected chi connectivity index (χ4v) is 4.17. The van der Waals surface area contributed by atoms with E-state index in [2.05, 4.69) is 35.6 Å². The fourth-order valence-electron chi connectivity index (χ4n) is 3.54. The number of alkyl halides is 3. The molecule has 14 heteroatoms. The maximum atomic E-state index is 13.7. The van der Waals surface area contributed by atoms with Gasteiger partial charge in [-0.2, -0.15) is 18.2 Å². The van der Waals surface area contributed by atoms with E-state index in [-0.39, 0.29) is 36.0 Å². The van der Waals surface area contributed by atoms with Crippen LogP contribution in [-0.2, 0) is 22.7 Å². The zero-order valence-corrected chi connectivity index (χ0v) is 21.2. The first-order chi connectivity index (χ1) is 18.0. The monoisotopic (exact) mass is 549 g/mol. The van der Waals surface area contributed by atoms with Crippen molar-refractivity contribution in [2.24, 2.45) is 0 Å². The van der Waals surface area contributed by atoms with Gasteiger partial charge in [-0.3, -0.25) is 9.52 Å². The van der Waals surface area contributed by atoms with Gasteiger partial charge in [-0.25, -0.2) is 18.4 Å². The van der Waals surface area contributed by atoms with Crippen molar-refractivity contribution in [1.29, 1.82) is 0 Å². The van der Waals surface area contributed by atoms with Gasteiger partial charge in [0.15, 0.2) is 0 Å². The van der Waals surface area contributed by atoms with E-state index in [1.807, 2.05) is 0 Å². The molecule has 1 fully saturated rings. The summed E-state index contributed by atoms with van der Waals surface area (Å²) in [4.78, 5) is 24.2. The van der Waals surface area contributed by atoms with Gasteiger partial charge in [-0.1, -0.05) is 12.1 Å². The molecule has 4 rings (SSSR count). The van der Waals surface area contributed by atoms with E-state index < -0.39 is 27.6 Å². The highest BCUT2D eigenvalue weighted by atomic mass is 32.2. The Morgan fingerprint density at radius 1 is 1.11 bits per heavy atom. The average molecular weight is 550 g/mol. The van der Waals surface area contributed by atoms with Gasteiger partial charge in [0.25, 0.3) is 5.91 Å². The van der Waals surface area contributed by atoms with Gasteiger partial charge in [0, 0.05) is 41.8 Å². The average Bonchev–Trinajstić information content (AvgIpc) is 2.85. The number of pyridine rings is 1. The summed E-state index contributed by atoms with van der Waals surface area (Å²) in [6, 6.07) is 9.69. The molecule has 1 aliphatic carbocycles. The second kappa shape index (κ2) is 11.2. The lowest BCUT2D eigenvalue weighted by molar-refractivity contribution is -0.137. The predicted molar refractivity (Wildman–Crippen MR) is 137 cm³/mol. The lowest BCUT2D eigenvalue weighted by Crippen LogP contribution is -2.39. The molecule has 1 aromatic carbocycles. The van der Waals surface area contributed by atoms with Gasteiger partial charge in [-0.05, 0) is 50.5 Å². The lowest BCUT2D eigenvalue weighted by atomic mass is 9.93. The molecule has 0 atom stereocenters. The molecule has 10 nitrogen and oxygen atoms in total. The quantitative estimate of drug-likeness (QED) is 0.294. The summed E-state index contributed by atoms with van der Waals surface area (Å²) in [5, 5.41) is 8.39. The van der Waals surface area contributed by atoms with Crippen molar-refractivity contribution in [3.8, 4) is 0 Å². The second-order valence-corrected chi connectivity index (χ2v) is 10.6. The van der Waals surface area contributed by atoms with Gasteiger partial charge in [0.05, 0.1) is 5.75 Å². The smallest absolute Gasteiger partial charge is 0.365 e. The Morgan fingerprint density at radius 2 is 1.89 bits per heavy atom. The highest BCUT2D eigenvalue weighted by Crippen LogP contribution is 2.34. The van der Waals surface area contributed by atoms with Crippen LogP contribution in [0.5, 0.6) is 0 Å². The minimum absolute atomic E-state index is 0.000180. The van der Waals surface area contributed by atoms with Crippen LogP contribution in [0.3, 0.4) is 0 Å². The van der Waals surface area contributed by atoms with Crippen molar-refractivity contribution >= 4 is 39.2 Å². The minimum atomic E-state index is -4.75. The first-order valence-corrected chi connectivity index (χ1v) is 13.5. The molecule has 3 aromatic rings. The molecule has 202 valence electrons. The number of hydrogen-bond donors (Lipinski definition) is 4. The van der Waals surface area contributed by atoms with Gasteiger partial charge < -0.3 is 16.0 Å². The summed E-state index contributed by atoms with van der Waals surface area (Å²) in [6.07, 6.45) is 0.209. The molecule has 1 saturated carbocycles. The summed E-state index contributed by atoms with van der Waals surface area (Å²) in [5.41, 5.74) is 0.0264. The third kappa shape index (κ3) is 6.88. The molecule has 0 saturated heterocycles. The molecule has 0 unspecified atom stereocenters. The molecular formula is C24H26F3N7O3S. The van der Waals surface area contributed by atoms with Crippen LogP contribution in [0.25, 0.3) is 0 Å². The number of anilines is 4.